The normalized spacial score (nSPS) is 14.8. The Kier molecular flexibility index (Phi) is 8.25. The molecule has 1 unspecified atom stereocenters. The van der Waals surface area contributed by atoms with Gasteiger partial charge in [-0.2, -0.15) is 0 Å². The summed E-state index contributed by atoms with van der Waals surface area (Å²) in [6.45, 7) is 3.74. The standard InChI is InChI=1S/C25H31N3O4/c1-3-21(32-22-12-8-7-9-17(22)2)25(31)28-27-24(30)19-13-15-20(16-14-19)26-23(29)18-10-5-4-6-11-18/h7-9,12-16,18,21H,3-6,10-11H2,1-2H3,(H,26,29)(H,27,30)(H,28,31). The number of carbonyl (C=O) groups is 3. The molecule has 1 fully saturated rings. The molecule has 7 heteroatoms. The predicted molar refractivity (Wildman–Crippen MR) is 123 cm³/mol. The molecule has 1 aliphatic carbocycles. The molecular formula is C25H31N3O4. The molecular weight excluding hydrogens is 406 g/mol. The van der Waals surface area contributed by atoms with Crippen molar-refractivity contribution in [3.8, 4) is 5.75 Å². The van der Waals surface area contributed by atoms with Crippen molar-refractivity contribution in [3.63, 3.8) is 0 Å². The van der Waals surface area contributed by atoms with Crippen LogP contribution in [0, 0.1) is 12.8 Å². The maximum absolute atomic E-state index is 12.5. The number of hydrogen-bond donors (Lipinski definition) is 3. The highest BCUT2D eigenvalue weighted by Gasteiger charge is 2.22. The van der Waals surface area contributed by atoms with Crippen molar-refractivity contribution in [2.75, 3.05) is 5.32 Å². The number of ether oxygens (including phenoxy) is 1. The maximum Gasteiger partial charge on any atom is 0.279 e. The van der Waals surface area contributed by atoms with Crippen LogP contribution < -0.4 is 20.9 Å². The van der Waals surface area contributed by atoms with E-state index in [2.05, 4.69) is 16.2 Å². The number of rotatable bonds is 7. The van der Waals surface area contributed by atoms with Crippen molar-refractivity contribution in [2.24, 2.45) is 5.92 Å². The lowest BCUT2D eigenvalue weighted by atomic mass is 9.88. The Labute approximate surface area is 188 Å². The minimum atomic E-state index is -0.728. The van der Waals surface area contributed by atoms with Crippen molar-refractivity contribution in [3.05, 3.63) is 59.7 Å². The van der Waals surface area contributed by atoms with Crippen LogP contribution in [-0.4, -0.2) is 23.8 Å². The number of hydrazine groups is 1. The zero-order valence-corrected chi connectivity index (χ0v) is 18.6. The summed E-state index contributed by atoms with van der Waals surface area (Å²) in [6.07, 6.45) is 4.97. The van der Waals surface area contributed by atoms with Crippen LogP contribution in [0.5, 0.6) is 5.75 Å². The highest BCUT2D eigenvalue weighted by atomic mass is 16.5. The van der Waals surface area contributed by atoms with Gasteiger partial charge in [-0.1, -0.05) is 44.4 Å². The molecule has 0 aliphatic heterocycles. The molecule has 170 valence electrons. The van der Waals surface area contributed by atoms with Gasteiger partial charge in [0.25, 0.3) is 11.8 Å². The SMILES string of the molecule is CCC(Oc1ccccc1C)C(=O)NNC(=O)c1ccc(NC(=O)C2CCCCC2)cc1. The van der Waals surface area contributed by atoms with Crippen molar-refractivity contribution in [1.82, 2.24) is 10.9 Å². The average Bonchev–Trinajstić information content (AvgIpc) is 2.82. The second-order valence-electron chi connectivity index (χ2n) is 8.13. The smallest absolute Gasteiger partial charge is 0.279 e. The largest absolute Gasteiger partial charge is 0.480 e. The van der Waals surface area contributed by atoms with Crippen LogP contribution in [0.15, 0.2) is 48.5 Å². The fourth-order valence-corrected chi connectivity index (χ4v) is 3.75. The average molecular weight is 438 g/mol. The van der Waals surface area contributed by atoms with Crippen molar-refractivity contribution in [2.45, 2.75) is 58.5 Å². The molecule has 3 N–H and O–H groups in total. The van der Waals surface area contributed by atoms with Gasteiger partial charge in [-0.15, -0.1) is 0 Å². The van der Waals surface area contributed by atoms with E-state index < -0.39 is 17.9 Å². The second-order valence-corrected chi connectivity index (χ2v) is 8.13. The molecule has 2 aromatic rings. The van der Waals surface area contributed by atoms with Gasteiger partial charge in [0.05, 0.1) is 0 Å². The minimum absolute atomic E-state index is 0.0356. The molecule has 32 heavy (non-hydrogen) atoms. The molecule has 0 radical (unpaired) electrons. The Morgan fingerprint density at radius 2 is 1.66 bits per heavy atom. The third-order valence-electron chi connectivity index (χ3n) is 5.72. The van der Waals surface area contributed by atoms with E-state index in [0.29, 0.717) is 23.4 Å². The van der Waals surface area contributed by atoms with Gasteiger partial charge in [0.1, 0.15) is 5.75 Å². The third-order valence-corrected chi connectivity index (χ3v) is 5.72. The van der Waals surface area contributed by atoms with Crippen molar-refractivity contribution in [1.29, 1.82) is 0 Å². The first-order valence-corrected chi connectivity index (χ1v) is 11.2. The highest BCUT2D eigenvalue weighted by Crippen LogP contribution is 2.25. The predicted octanol–water partition coefficient (Wildman–Crippen LogP) is 4.13. The Balaban J connectivity index is 1.50. The molecule has 1 aliphatic rings. The van der Waals surface area contributed by atoms with Gasteiger partial charge in [0.15, 0.2) is 6.10 Å². The third kappa shape index (κ3) is 6.33. The summed E-state index contributed by atoms with van der Waals surface area (Å²) in [5, 5.41) is 2.92. The van der Waals surface area contributed by atoms with Crippen molar-refractivity contribution >= 4 is 23.4 Å². The number of hydrogen-bond acceptors (Lipinski definition) is 4. The molecule has 0 spiro atoms. The van der Waals surface area contributed by atoms with Crippen LogP contribution in [0.25, 0.3) is 0 Å². The van der Waals surface area contributed by atoms with Gasteiger partial charge in [-0.25, -0.2) is 0 Å². The highest BCUT2D eigenvalue weighted by molar-refractivity contribution is 5.97. The molecule has 0 heterocycles. The molecule has 7 nitrogen and oxygen atoms in total. The molecule has 0 bridgehead atoms. The summed E-state index contributed by atoms with van der Waals surface area (Å²) in [5.41, 5.74) is 6.80. The molecule has 3 rings (SSSR count). The van der Waals surface area contributed by atoms with E-state index in [0.717, 1.165) is 31.2 Å². The summed E-state index contributed by atoms with van der Waals surface area (Å²) in [7, 11) is 0. The Hall–Kier alpha value is -3.35. The van der Waals surface area contributed by atoms with E-state index in [1.165, 1.54) is 6.42 Å². The van der Waals surface area contributed by atoms with Crippen LogP contribution >= 0.6 is 0 Å². The van der Waals surface area contributed by atoms with E-state index in [1.807, 2.05) is 32.0 Å². The zero-order valence-electron chi connectivity index (χ0n) is 18.6. The lowest BCUT2D eigenvalue weighted by molar-refractivity contribution is -0.129. The topological polar surface area (TPSA) is 96.5 Å². The molecule has 3 amide bonds. The van der Waals surface area contributed by atoms with E-state index in [1.54, 1.807) is 30.3 Å². The van der Waals surface area contributed by atoms with Gasteiger partial charge < -0.3 is 10.1 Å². The van der Waals surface area contributed by atoms with Gasteiger partial charge in [0.2, 0.25) is 5.91 Å². The monoisotopic (exact) mass is 437 g/mol. The van der Waals surface area contributed by atoms with Crippen LogP contribution in [-0.2, 0) is 9.59 Å². The Bertz CT molecular complexity index is 936. The van der Waals surface area contributed by atoms with E-state index in [4.69, 9.17) is 4.74 Å². The van der Waals surface area contributed by atoms with E-state index in [9.17, 15) is 14.4 Å². The van der Waals surface area contributed by atoms with Gasteiger partial charge >= 0.3 is 0 Å². The lowest BCUT2D eigenvalue weighted by Gasteiger charge is -2.20. The second kappa shape index (κ2) is 11.3. The summed E-state index contributed by atoms with van der Waals surface area (Å²) < 4.78 is 5.79. The first-order valence-electron chi connectivity index (χ1n) is 11.2. The molecule has 2 aromatic carbocycles. The Morgan fingerprint density at radius 1 is 0.969 bits per heavy atom. The Morgan fingerprint density at radius 3 is 2.31 bits per heavy atom. The molecule has 1 atom stereocenters. The maximum atomic E-state index is 12.5. The summed E-state index contributed by atoms with van der Waals surface area (Å²) in [4.78, 5) is 37.2. The van der Waals surface area contributed by atoms with Gasteiger partial charge in [-0.05, 0) is 62.1 Å². The van der Waals surface area contributed by atoms with Crippen LogP contribution in [0.1, 0.15) is 61.4 Å². The van der Waals surface area contributed by atoms with Crippen LogP contribution in [0.2, 0.25) is 0 Å². The first kappa shape index (κ1) is 23.3. The number of anilines is 1. The molecule has 1 saturated carbocycles. The number of para-hydroxylation sites is 1. The minimum Gasteiger partial charge on any atom is -0.480 e. The van der Waals surface area contributed by atoms with E-state index >= 15 is 0 Å². The number of carbonyl (C=O) groups excluding carboxylic acids is 3. The lowest BCUT2D eigenvalue weighted by Crippen LogP contribution is -2.48. The summed E-state index contributed by atoms with van der Waals surface area (Å²) >= 11 is 0. The molecule has 0 saturated heterocycles. The quantitative estimate of drug-likeness (QED) is 0.568. The number of nitrogens with one attached hydrogen (secondary N) is 3. The van der Waals surface area contributed by atoms with Crippen LogP contribution in [0.3, 0.4) is 0 Å². The van der Waals surface area contributed by atoms with Crippen molar-refractivity contribution < 1.29 is 19.1 Å². The fourth-order valence-electron chi connectivity index (χ4n) is 3.75. The summed E-state index contributed by atoms with van der Waals surface area (Å²) in [6, 6.07) is 14.0. The molecule has 0 aromatic heterocycles. The fraction of sp³-hybridized carbons (Fsp3) is 0.400. The van der Waals surface area contributed by atoms with Gasteiger partial charge in [-0.3, -0.25) is 25.2 Å². The van der Waals surface area contributed by atoms with E-state index in [-0.39, 0.29) is 11.8 Å². The summed E-state index contributed by atoms with van der Waals surface area (Å²) in [5.74, 6) is -0.148. The van der Waals surface area contributed by atoms with Crippen LogP contribution in [0.4, 0.5) is 5.69 Å². The van der Waals surface area contributed by atoms with Gasteiger partial charge in [0, 0.05) is 17.2 Å². The number of aryl methyl sites for hydroxylation is 1. The number of amides is 3. The zero-order chi connectivity index (χ0) is 22.9. The first-order chi connectivity index (χ1) is 15.5. The number of benzene rings is 2.